The number of rotatable bonds is 4. The number of benzene rings is 1. The predicted molar refractivity (Wildman–Crippen MR) is 116 cm³/mol. The Morgan fingerprint density at radius 1 is 0.929 bits per heavy atom. The molecule has 0 radical (unpaired) electrons. The standard InChI is InChI=1S/C25H33N3/c1-3-7-20(8-4-1)15-22-16-26-17-25-24(22)12-11-23-19-27(13-14-28(23)25)18-21-9-5-2-6-10-21/h2,5-6,9-10,16-17,20,23H,1,3-4,7-8,11-15,18-19H2. The van der Waals surface area contributed by atoms with Crippen molar-refractivity contribution in [2.45, 2.75) is 64.0 Å². The van der Waals surface area contributed by atoms with Gasteiger partial charge in [0.05, 0.1) is 11.9 Å². The van der Waals surface area contributed by atoms with Gasteiger partial charge in [0.2, 0.25) is 0 Å². The van der Waals surface area contributed by atoms with Crippen LogP contribution in [0.5, 0.6) is 0 Å². The zero-order valence-electron chi connectivity index (χ0n) is 17.0. The van der Waals surface area contributed by atoms with E-state index in [0.717, 1.165) is 25.6 Å². The predicted octanol–water partition coefficient (Wildman–Crippen LogP) is 4.84. The minimum absolute atomic E-state index is 0.650. The lowest BCUT2D eigenvalue weighted by atomic mass is 9.82. The second kappa shape index (κ2) is 8.24. The maximum Gasteiger partial charge on any atom is 0.0591 e. The van der Waals surface area contributed by atoms with Crippen molar-refractivity contribution in [2.24, 2.45) is 5.92 Å². The third kappa shape index (κ3) is 3.82. The van der Waals surface area contributed by atoms with E-state index in [1.54, 1.807) is 11.1 Å². The Morgan fingerprint density at radius 2 is 1.79 bits per heavy atom. The highest BCUT2D eigenvalue weighted by Gasteiger charge is 2.33. The molecule has 3 heteroatoms. The lowest BCUT2D eigenvalue weighted by molar-refractivity contribution is 0.206. The highest BCUT2D eigenvalue weighted by Crippen LogP contribution is 2.36. The summed E-state index contributed by atoms with van der Waals surface area (Å²) in [6.07, 6.45) is 15.3. The first kappa shape index (κ1) is 18.2. The van der Waals surface area contributed by atoms with E-state index in [-0.39, 0.29) is 0 Å². The van der Waals surface area contributed by atoms with E-state index in [9.17, 15) is 0 Å². The molecule has 2 fully saturated rings. The molecule has 1 saturated heterocycles. The highest BCUT2D eigenvalue weighted by molar-refractivity contribution is 5.58. The minimum atomic E-state index is 0.650. The SMILES string of the molecule is c1ccc(CN2CCN3c4cncc(CC5CCCCC5)c4CCC3C2)cc1. The van der Waals surface area contributed by atoms with Crippen LogP contribution in [0.15, 0.2) is 42.7 Å². The number of nitrogens with zero attached hydrogens (tertiary/aromatic N) is 3. The van der Waals surface area contributed by atoms with Crippen molar-refractivity contribution < 1.29 is 0 Å². The van der Waals surface area contributed by atoms with Crippen molar-refractivity contribution in [3.05, 3.63) is 59.4 Å². The average molecular weight is 376 g/mol. The summed E-state index contributed by atoms with van der Waals surface area (Å²) in [5.74, 6) is 0.891. The summed E-state index contributed by atoms with van der Waals surface area (Å²) in [6.45, 7) is 4.55. The molecule has 148 valence electrons. The van der Waals surface area contributed by atoms with Crippen molar-refractivity contribution in [2.75, 3.05) is 24.5 Å². The lowest BCUT2D eigenvalue weighted by Gasteiger charge is -2.46. The van der Waals surface area contributed by atoms with Crippen LogP contribution in [0.2, 0.25) is 0 Å². The fourth-order valence-corrected chi connectivity index (χ4v) is 5.71. The van der Waals surface area contributed by atoms with Gasteiger partial charge in [0.25, 0.3) is 0 Å². The number of hydrogen-bond acceptors (Lipinski definition) is 3. The summed E-state index contributed by atoms with van der Waals surface area (Å²) in [5.41, 5.74) is 6.05. The Hall–Kier alpha value is -1.87. The van der Waals surface area contributed by atoms with Gasteiger partial charge in [-0.1, -0.05) is 62.4 Å². The molecule has 1 saturated carbocycles. The lowest BCUT2D eigenvalue weighted by Crippen LogP contribution is -2.54. The molecule has 3 aliphatic rings. The van der Waals surface area contributed by atoms with Crippen molar-refractivity contribution in [1.29, 1.82) is 0 Å². The van der Waals surface area contributed by atoms with Gasteiger partial charge in [0.1, 0.15) is 0 Å². The van der Waals surface area contributed by atoms with Crippen molar-refractivity contribution in [3.63, 3.8) is 0 Å². The number of hydrogen-bond donors (Lipinski definition) is 0. The Bertz CT molecular complexity index is 782. The molecular formula is C25H33N3. The van der Waals surface area contributed by atoms with Gasteiger partial charge in [-0.05, 0) is 41.9 Å². The molecule has 1 atom stereocenters. The topological polar surface area (TPSA) is 19.4 Å². The first-order valence-corrected chi connectivity index (χ1v) is 11.4. The van der Waals surface area contributed by atoms with Crippen LogP contribution in [0.25, 0.3) is 0 Å². The van der Waals surface area contributed by atoms with Crippen LogP contribution in [0.1, 0.15) is 55.2 Å². The van der Waals surface area contributed by atoms with Crippen LogP contribution >= 0.6 is 0 Å². The molecule has 2 aliphatic heterocycles. The molecule has 3 heterocycles. The van der Waals surface area contributed by atoms with Gasteiger partial charge in [-0.3, -0.25) is 9.88 Å². The van der Waals surface area contributed by atoms with Crippen LogP contribution in [0, 0.1) is 5.92 Å². The van der Waals surface area contributed by atoms with E-state index < -0.39 is 0 Å². The summed E-state index contributed by atoms with van der Waals surface area (Å²) in [7, 11) is 0. The molecule has 5 rings (SSSR count). The fraction of sp³-hybridized carbons (Fsp3) is 0.560. The fourth-order valence-electron chi connectivity index (χ4n) is 5.71. The Balaban J connectivity index is 1.29. The Labute approximate surface area is 169 Å². The quantitative estimate of drug-likeness (QED) is 0.762. The maximum absolute atomic E-state index is 4.69. The molecule has 1 aromatic carbocycles. The molecule has 3 nitrogen and oxygen atoms in total. The van der Waals surface area contributed by atoms with Crippen molar-refractivity contribution >= 4 is 5.69 Å². The molecule has 0 bridgehead atoms. The summed E-state index contributed by atoms with van der Waals surface area (Å²) < 4.78 is 0. The highest BCUT2D eigenvalue weighted by atomic mass is 15.3. The molecule has 0 spiro atoms. The first-order chi connectivity index (χ1) is 13.9. The number of aromatic nitrogens is 1. The summed E-state index contributed by atoms with van der Waals surface area (Å²) in [5, 5.41) is 0. The third-order valence-corrected chi connectivity index (χ3v) is 7.21. The zero-order valence-corrected chi connectivity index (χ0v) is 17.0. The molecular weight excluding hydrogens is 342 g/mol. The molecule has 0 amide bonds. The van der Waals surface area contributed by atoms with Crippen LogP contribution < -0.4 is 4.90 Å². The number of fused-ring (bicyclic) bond motifs is 3. The Kier molecular flexibility index (Phi) is 5.35. The van der Waals surface area contributed by atoms with Crippen LogP contribution in [-0.2, 0) is 19.4 Å². The van der Waals surface area contributed by atoms with Gasteiger partial charge in [0, 0.05) is 38.4 Å². The molecule has 1 unspecified atom stereocenters. The second-order valence-electron chi connectivity index (χ2n) is 9.11. The molecule has 2 aromatic rings. The van der Waals surface area contributed by atoms with E-state index in [1.165, 1.54) is 69.2 Å². The van der Waals surface area contributed by atoms with Gasteiger partial charge < -0.3 is 4.90 Å². The largest absolute Gasteiger partial charge is 0.364 e. The smallest absolute Gasteiger partial charge is 0.0591 e. The zero-order chi connectivity index (χ0) is 18.8. The number of pyridine rings is 1. The molecule has 0 N–H and O–H groups in total. The normalized spacial score (nSPS) is 23.3. The van der Waals surface area contributed by atoms with Crippen LogP contribution in [0.3, 0.4) is 0 Å². The van der Waals surface area contributed by atoms with Gasteiger partial charge in [0.15, 0.2) is 0 Å². The van der Waals surface area contributed by atoms with Gasteiger partial charge in [-0.25, -0.2) is 0 Å². The van der Waals surface area contributed by atoms with E-state index in [1.807, 2.05) is 0 Å². The van der Waals surface area contributed by atoms with Gasteiger partial charge in [-0.2, -0.15) is 0 Å². The number of anilines is 1. The van der Waals surface area contributed by atoms with Crippen LogP contribution in [-0.4, -0.2) is 35.6 Å². The second-order valence-corrected chi connectivity index (χ2v) is 9.11. The van der Waals surface area contributed by atoms with Crippen LogP contribution in [0.4, 0.5) is 5.69 Å². The summed E-state index contributed by atoms with van der Waals surface area (Å²) in [6, 6.07) is 11.6. The van der Waals surface area contributed by atoms with Crippen molar-refractivity contribution in [3.8, 4) is 0 Å². The number of piperazine rings is 1. The van der Waals surface area contributed by atoms with E-state index >= 15 is 0 Å². The Morgan fingerprint density at radius 3 is 2.64 bits per heavy atom. The van der Waals surface area contributed by atoms with E-state index in [2.05, 4.69) is 57.5 Å². The summed E-state index contributed by atoms with van der Waals surface area (Å²) in [4.78, 5) is 10.0. The van der Waals surface area contributed by atoms with Gasteiger partial charge >= 0.3 is 0 Å². The third-order valence-electron chi connectivity index (χ3n) is 7.21. The molecule has 28 heavy (non-hydrogen) atoms. The minimum Gasteiger partial charge on any atom is -0.364 e. The average Bonchev–Trinajstić information content (AvgIpc) is 2.75. The van der Waals surface area contributed by atoms with Gasteiger partial charge in [-0.15, -0.1) is 0 Å². The first-order valence-electron chi connectivity index (χ1n) is 11.4. The molecule has 1 aliphatic carbocycles. The van der Waals surface area contributed by atoms with E-state index in [0.29, 0.717) is 6.04 Å². The summed E-state index contributed by atoms with van der Waals surface area (Å²) >= 11 is 0. The van der Waals surface area contributed by atoms with E-state index in [4.69, 9.17) is 0 Å². The monoisotopic (exact) mass is 375 g/mol. The maximum atomic E-state index is 4.69. The van der Waals surface area contributed by atoms with Crippen molar-refractivity contribution in [1.82, 2.24) is 9.88 Å². The molecule has 1 aromatic heterocycles.